The number of aromatic nitrogens is 3. The number of hydrogen-bond donors (Lipinski definition) is 0. The predicted molar refractivity (Wildman–Crippen MR) is 142 cm³/mol. The van der Waals surface area contributed by atoms with E-state index in [1.165, 1.54) is 0 Å². The molecule has 4 rings (SSSR count). The topological polar surface area (TPSA) is 83.8 Å². The fourth-order valence-electron chi connectivity index (χ4n) is 4.60. The molecule has 0 N–H and O–H groups in total. The van der Waals surface area contributed by atoms with Crippen LogP contribution in [0.4, 0.5) is 16.3 Å². The van der Waals surface area contributed by atoms with Crippen LogP contribution < -0.4 is 9.80 Å². The summed E-state index contributed by atoms with van der Waals surface area (Å²) in [6.07, 6.45) is 3.14. The molecule has 1 aromatic carbocycles. The summed E-state index contributed by atoms with van der Waals surface area (Å²) < 4.78 is 7.51. The molecule has 0 unspecified atom stereocenters. The van der Waals surface area contributed by atoms with Crippen LogP contribution in [0.3, 0.4) is 0 Å². The van der Waals surface area contributed by atoms with E-state index in [0.717, 1.165) is 22.6 Å². The zero-order chi connectivity index (χ0) is 26.2. The first-order valence-corrected chi connectivity index (χ1v) is 12.5. The van der Waals surface area contributed by atoms with Gasteiger partial charge in [0, 0.05) is 56.1 Å². The average molecular weight is 513 g/mol. The predicted octanol–water partition coefficient (Wildman–Crippen LogP) is 4.89. The summed E-state index contributed by atoms with van der Waals surface area (Å²) in [6, 6.07) is 7.48. The van der Waals surface area contributed by atoms with Crippen molar-refractivity contribution in [2.24, 2.45) is 0 Å². The highest BCUT2D eigenvalue weighted by atomic mass is 35.5. The van der Waals surface area contributed by atoms with Gasteiger partial charge in [-0.05, 0) is 52.8 Å². The Morgan fingerprint density at radius 3 is 2.58 bits per heavy atom. The molecule has 2 aromatic heterocycles. The van der Waals surface area contributed by atoms with Gasteiger partial charge in [0.2, 0.25) is 5.91 Å². The molecule has 0 radical (unpaired) electrons. The van der Waals surface area contributed by atoms with E-state index in [-0.39, 0.29) is 18.0 Å². The molecule has 0 bridgehead atoms. The van der Waals surface area contributed by atoms with E-state index in [4.69, 9.17) is 16.3 Å². The highest BCUT2D eigenvalue weighted by Crippen LogP contribution is 2.37. The monoisotopic (exact) mass is 512 g/mol. The lowest BCUT2D eigenvalue weighted by Crippen LogP contribution is -2.54. The molecule has 3 heterocycles. The number of fused-ring (bicyclic) bond motifs is 1. The molecule has 9 nitrogen and oxygen atoms in total. The maximum absolute atomic E-state index is 12.7. The van der Waals surface area contributed by atoms with Crippen molar-refractivity contribution in [1.29, 1.82) is 0 Å². The van der Waals surface area contributed by atoms with Crippen LogP contribution in [0.1, 0.15) is 41.5 Å². The zero-order valence-corrected chi connectivity index (χ0v) is 22.4. The molecule has 1 atom stereocenters. The van der Waals surface area contributed by atoms with Gasteiger partial charge in [-0.3, -0.25) is 9.36 Å². The summed E-state index contributed by atoms with van der Waals surface area (Å²) in [5, 5.41) is 1.39. The summed E-state index contributed by atoms with van der Waals surface area (Å²) in [5.41, 5.74) is 1.70. The molecule has 0 aliphatic carbocycles. The lowest BCUT2D eigenvalue weighted by Gasteiger charge is -2.41. The van der Waals surface area contributed by atoms with Crippen molar-refractivity contribution in [2.75, 3.05) is 36.0 Å². The van der Waals surface area contributed by atoms with Crippen molar-refractivity contribution in [1.82, 2.24) is 19.4 Å². The number of hydrogen-bond acceptors (Lipinski definition) is 6. The van der Waals surface area contributed by atoms with Gasteiger partial charge in [-0.1, -0.05) is 17.7 Å². The number of piperazine rings is 1. The number of halogens is 1. The molecule has 1 saturated heterocycles. The zero-order valence-electron chi connectivity index (χ0n) is 21.7. The minimum Gasteiger partial charge on any atom is -0.444 e. The Morgan fingerprint density at radius 2 is 1.97 bits per heavy atom. The van der Waals surface area contributed by atoms with Gasteiger partial charge < -0.3 is 19.4 Å². The molecule has 36 heavy (non-hydrogen) atoms. The van der Waals surface area contributed by atoms with Gasteiger partial charge in [0.1, 0.15) is 17.7 Å². The summed E-state index contributed by atoms with van der Waals surface area (Å²) in [4.78, 5) is 40.2. The van der Waals surface area contributed by atoms with Crippen LogP contribution >= 0.6 is 11.6 Å². The molecule has 1 fully saturated rings. The molecule has 1 aliphatic rings. The fourth-order valence-corrected chi connectivity index (χ4v) is 4.78. The number of nitrogens with zero attached hydrogens (tertiary/aromatic N) is 6. The smallest absolute Gasteiger partial charge is 0.410 e. The van der Waals surface area contributed by atoms with Crippen molar-refractivity contribution in [3.05, 3.63) is 41.8 Å². The summed E-state index contributed by atoms with van der Waals surface area (Å²) in [5.74, 6) is 0.659. The molecule has 0 saturated carbocycles. The normalized spacial score (nSPS) is 16.4. The molecule has 0 spiro atoms. The third kappa shape index (κ3) is 5.11. The fraction of sp³-hybridized carbons (Fsp3) is 0.462. The Morgan fingerprint density at radius 1 is 1.22 bits per heavy atom. The Kier molecular flexibility index (Phi) is 7.13. The van der Waals surface area contributed by atoms with Gasteiger partial charge in [0.15, 0.2) is 5.65 Å². The first-order chi connectivity index (χ1) is 17.0. The number of carbonyl (C=O) groups is 2. The van der Waals surface area contributed by atoms with E-state index in [1.54, 1.807) is 23.1 Å². The largest absolute Gasteiger partial charge is 0.444 e. The summed E-state index contributed by atoms with van der Waals surface area (Å²) >= 11 is 6.28. The highest BCUT2D eigenvalue weighted by molar-refractivity contribution is 6.30. The van der Waals surface area contributed by atoms with E-state index < -0.39 is 5.60 Å². The summed E-state index contributed by atoms with van der Waals surface area (Å²) in [7, 11) is 0. The lowest BCUT2D eigenvalue weighted by molar-refractivity contribution is -0.116. The SMILES string of the molecule is CCN(C(C)=O)c1cn(-c2cccc(Cl)c2)c2ncnc(N3CCN(C(=O)OC(C)(C)C)C[C@@H]3C)c12. The van der Waals surface area contributed by atoms with Gasteiger partial charge in [-0.25, -0.2) is 14.8 Å². The van der Waals surface area contributed by atoms with Crippen LogP contribution in [-0.2, 0) is 9.53 Å². The van der Waals surface area contributed by atoms with Crippen molar-refractivity contribution < 1.29 is 14.3 Å². The van der Waals surface area contributed by atoms with Crippen LogP contribution in [0.5, 0.6) is 0 Å². The highest BCUT2D eigenvalue weighted by Gasteiger charge is 2.33. The van der Waals surface area contributed by atoms with Crippen LogP contribution in [0.25, 0.3) is 16.7 Å². The van der Waals surface area contributed by atoms with E-state index in [9.17, 15) is 9.59 Å². The Balaban J connectivity index is 1.78. The second-order valence-electron chi connectivity index (χ2n) is 9.99. The molecule has 1 aliphatic heterocycles. The Bertz CT molecular complexity index is 1280. The minimum absolute atomic E-state index is 0.0286. The maximum Gasteiger partial charge on any atom is 0.410 e. The van der Waals surface area contributed by atoms with Crippen LogP contribution in [0.2, 0.25) is 5.02 Å². The van der Waals surface area contributed by atoms with E-state index in [1.807, 2.05) is 62.7 Å². The van der Waals surface area contributed by atoms with Gasteiger partial charge in [-0.15, -0.1) is 0 Å². The third-order valence-electron chi connectivity index (χ3n) is 6.17. The van der Waals surface area contributed by atoms with Gasteiger partial charge in [0.05, 0.1) is 11.1 Å². The first kappa shape index (κ1) is 25.8. The van der Waals surface area contributed by atoms with Crippen molar-refractivity contribution in [3.63, 3.8) is 0 Å². The van der Waals surface area contributed by atoms with Gasteiger partial charge >= 0.3 is 6.09 Å². The first-order valence-electron chi connectivity index (χ1n) is 12.1. The van der Waals surface area contributed by atoms with Gasteiger partial charge in [0.25, 0.3) is 0 Å². The lowest BCUT2D eigenvalue weighted by atomic mass is 10.1. The standard InChI is InChI=1S/C26H33ClN6O3/c1-7-31(18(3)34)21-15-33(20-10-8-9-19(27)13-20)24-22(21)23(28-16-29-24)32-12-11-30(14-17(32)2)25(35)36-26(4,5)6/h8-10,13,15-17H,7,11-12,14H2,1-6H3/t17-/m0/s1. The average Bonchev–Trinajstić information content (AvgIpc) is 3.18. The number of anilines is 2. The minimum atomic E-state index is -0.551. The number of benzene rings is 1. The van der Waals surface area contributed by atoms with E-state index in [0.29, 0.717) is 36.8 Å². The molecule has 3 aromatic rings. The van der Waals surface area contributed by atoms with E-state index >= 15 is 0 Å². The summed E-state index contributed by atoms with van der Waals surface area (Å²) in [6.45, 7) is 13.2. The van der Waals surface area contributed by atoms with Crippen LogP contribution in [-0.4, -0.2) is 69.3 Å². The number of ether oxygens (including phenoxy) is 1. The quantitative estimate of drug-likeness (QED) is 0.494. The number of rotatable bonds is 4. The maximum atomic E-state index is 12.7. The van der Waals surface area contributed by atoms with Crippen molar-refractivity contribution in [2.45, 2.75) is 53.2 Å². The third-order valence-corrected chi connectivity index (χ3v) is 6.40. The second kappa shape index (κ2) is 9.97. The number of amides is 2. The molecular formula is C26H33ClN6O3. The van der Waals surface area contributed by atoms with E-state index in [2.05, 4.69) is 21.8 Å². The van der Waals surface area contributed by atoms with Gasteiger partial charge in [-0.2, -0.15) is 0 Å². The molecule has 2 amide bonds. The van der Waals surface area contributed by atoms with Crippen LogP contribution in [0, 0.1) is 0 Å². The Labute approximate surface area is 216 Å². The van der Waals surface area contributed by atoms with Crippen molar-refractivity contribution in [3.8, 4) is 5.69 Å². The molecule has 10 heteroatoms. The van der Waals surface area contributed by atoms with Crippen LogP contribution in [0.15, 0.2) is 36.8 Å². The molecule has 192 valence electrons. The second-order valence-corrected chi connectivity index (χ2v) is 10.4. The molecular weight excluding hydrogens is 480 g/mol. The number of carbonyl (C=O) groups excluding carboxylic acids is 2. The van der Waals surface area contributed by atoms with Crippen molar-refractivity contribution >= 4 is 46.1 Å². The Hall–Kier alpha value is -3.33.